The van der Waals surface area contributed by atoms with Gasteiger partial charge in [0.2, 0.25) is 0 Å². The molecule has 0 aromatic rings. The zero-order chi connectivity index (χ0) is 8.27. The van der Waals surface area contributed by atoms with Crippen LogP contribution in [0, 0.1) is 0 Å². The van der Waals surface area contributed by atoms with Crippen LogP contribution in [-0.4, -0.2) is 41.9 Å². The van der Waals surface area contributed by atoms with Gasteiger partial charge in [-0.3, -0.25) is 0 Å². The van der Waals surface area contributed by atoms with Crippen molar-refractivity contribution in [1.82, 2.24) is 0 Å². The van der Waals surface area contributed by atoms with Gasteiger partial charge in [0, 0.05) is 6.42 Å². The highest BCUT2D eigenvalue weighted by Gasteiger charge is 2.25. The summed E-state index contributed by atoms with van der Waals surface area (Å²) < 4.78 is 10.1. The van der Waals surface area contributed by atoms with Crippen LogP contribution in [0.2, 0.25) is 0 Å². The summed E-state index contributed by atoms with van der Waals surface area (Å²) in [6.45, 7) is 2.68. The van der Waals surface area contributed by atoms with E-state index in [9.17, 15) is 5.11 Å². The summed E-state index contributed by atoms with van der Waals surface area (Å²) in [5.74, 6) is 0. The molecule has 1 heterocycles. The van der Waals surface area contributed by atoms with Crippen LogP contribution in [0.5, 0.6) is 0 Å². The highest BCUT2D eigenvalue weighted by Crippen LogP contribution is 2.12. The van der Waals surface area contributed by atoms with Gasteiger partial charge < -0.3 is 19.7 Å². The van der Waals surface area contributed by atoms with E-state index in [1.807, 2.05) is 0 Å². The van der Waals surface area contributed by atoms with Gasteiger partial charge >= 0.3 is 0 Å². The molecule has 1 aliphatic rings. The molecule has 0 aromatic carbocycles. The lowest BCUT2D eigenvalue weighted by molar-refractivity contribution is -0.129. The third kappa shape index (κ3) is 2.75. The highest BCUT2D eigenvalue weighted by molar-refractivity contribution is 4.66. The number of ether oxygens (including phenoxy) is 2. The Hall–Kier alpha value is -0.160. The second kappa shape index (κ2) is 4.01. The normalized spacial score (nSPS) is 25.4. The molecule has 1 saturated heterocycles. The predicted molar refractivity (Wildman–Crippen MR) is 38.0 cm³/mol. The first-order valence-corrected chi connectivity index (χ1v) is 3.79. The Kier molecular flexibility index (Phi) is 3.26. The van der Waals surface area contributed by atoms with Crippen LogP contribution in [0.25, 0.3) is 0 Å². The predicted octanol–water partition coefficient (Wildman–Crippen LogP) is -0.509. The van der Waals surface area contributed by atoms with E-state index in [2.05, 4.69) is 0 Å². The van der Waals surface area contributed by atoms with Crippen molar-refractivity contribution in [2.75, 3.05) is 13.2 Å². The van der Waals surface area contributed by atoms with Crippen molar-refractivity contribution in [2.45, 2.75) is 31.8 Å². The maximum absolute atomic E-state index is 9.31. The lowest BCUT2D eigenvalue weighted by Crippen LogP contribution is -2.29. The molecule has 0 saturated carbocycles. The van der Waals surface area contributed by atoms with Crippen molar-refractivity contribution in [2.24, 2.45) is 0 Å². The van der Waals surface area contributed by atoms with Crippen molar-refractivity contribution in [1.29, 1.82) is 0 Å². The van der Waals surface area contributed by atoms with Crippen LogP contribution in [0.3, 0.4) is 0 Å². The van der Waals surface area contributed by atoms with E-state index in [-0.39, 0.29) is 0 Å². The molecule has 0 aromatic heterocycles. The molecule has 4 nitrogen and oxygen atoms in total. The van der Waals surface area contributed by atoms with Crippen LogP contribution in [0.4, 0.5) is 0 Å². The summed E-state index contributed by atoms with van der Waals surface area (Å²) in [6, 6.07) is 0. The van der Waals surface area contributed by atoms with Gasteiger partial charge in [-0.25, -0.2) is 0 Å². The minimum absolute atomic E-state index is 0.296. The average Bonchev–Trinajstić information content (AvgIpc) is 2.35. The molecule has 0 amide bonds. The highest BCUT2D eigenvalue weighted by atomic mass is 16.7. The Morgan fingerprint density at radius 2 is 1.91 bits per heavy atom. The lowest BCUT2D eigenvalue weighted by atomic mass is 10.2. The summed E-state index contributed by atoms with van der Waals surface area (Å²) in [7, 11) is 0. The lowest BCUT2D eigenvalue weighted by Gasteiger charge is -2.17. The van der Waals surface area contributed by atoms with E-state index >= 15 is 0 Å². The number of hydrogen-bond acceptors (Lipinski definition) is 4. The van der Waals surface area contributed by atoms with E-state index in [0.717, 1.165) is 0 Å². The minimum Gasteiger partial charge on any atom is -0.393 e. The SMILES string of the molecule is CC(O)CC(O)C1OCCO1. The molecule has 66 valence electrons. The van der Waals surface area contributed by atoms with Gasteiger partial charge in [-0.1, -0.05) is 0 Å². The molecule has 0 bridgehead atoms. The van der Waals surface area contributed by atoms with Gasteiger partial charge in [-0.05, 0) is 6.92 Å². The Morgan fingerprint density at radius 3 is 2.36 bits per heavy atom. The number of rotatable bonds is 3. The molecule has 11 heavy (non-hydrogen) atoms. The van der Waals surface area contributed by atoms with Crippen molar-refractivity contribution in [3.8, 4) is 0 Å². The molecular weight excluding hydrogens is 148 g/mol. The van der Waals surface area contributed by atoms with E-state index in [1.165, 1.54) is 0 Å². The van der Waals surface area contributed by atoms with Crippen molar-refractivity contribution in [3.63, 3.8) is 0 Å². The van der Waals surface area contributed by atoms with Gasteiger partial charge in [-0.2, -0.15) is 0 Å². The zero-order valence-corrected chi connectivity index (χ0v) is 6.56. The fourth-order valence-corrected chi connectivity index (χ4v) is 1.06. The Bertz CT molecular complexity index is 109. The molecule has 2 atom stereocenters. The maximum atomic E-state index is 9.31. The fraction of sp³-hybridized carbons (Fsp3) is 1.00. The van der Waals surface area contributed by atoms with E-state index in [4.69, 9.17) is 14.6 Å². The third-order valence-corrected chi connectivity index (χ3v) is 1.54. The molecule has 1 fully saturated rings. The van der Waals surface area contributed by atoms with Crippen LogP contribution >= 0.6 is 0 Å². The van der Waals surface area contributed by atoms with E-state index < -0.39 is 18.5 Å². The fourth-order valence-electron chi connectivity index (χ4n) is 1.06. The van der Waals surface area contributed by atoms with Gasteiger partial charge in [0.15, 0.2) is 6.29 Å². The van der Waals surface area contributed by atoms with Crippen LogP contribution in [-0.2, 0) is 9.47 Å². The molecule has 1 rings (SSSR count). The summed E-state index contributed by atoms with van der Waals surface area (Å²) in [6.07, 6.45) is -1.47. The molecule has 0 radical (unpaired) electrons. The molecule has 0 spiro atoms. The van der Waals surface area contributed by atoms with Gasteiger partial charge in [-0.15, -0.1) is 0 Å². The quantitative estimate of drug-likeness (QED) is 0.587. The molecule has 2 unspecified atom stereocenters. The van der Waals surface area contributed by atoms with E-state index in [1.54, 1.807) is 6.92 Å². The molecule has 0 aliphatic carbocycles. The van der Waals surface area contributed by atoms with Crippen molar-refractivity contribution >= 4 is 0 Å². The number of aliphatic hydroxyl groups is 2. The molecular formula is C7H14O4. The first-order chi connectivity index (χ1) is 5.20. The number of hydrogen-bond donors (Lipinski definition) is 2. The summed E-state index contributed by atoms with van der Waals surface area (Å²) >= 11 is 0. The summed E-state index contributed by atoms with van der Waals surface area (Å²) in [5.41, 5.74) is 0. The zero-order valence-electron chi connectivity index (χ0n) is 6.56. The van der Waals surface area contributed by atoms with Crippen LogP contribution in [0.15, 0.2) is 0 Å². The first-order valence-electron chi connectivity index (χ1n) is 3.79. The largest absolute Gasteiger partial charge is 0.393 e. The summed E-state index contributed by atoms with van der Waals surface area (Å²) in [4.78, 5) is 0. The molecule has 4 heteroatoms. The maximum Gasteiger partial charge on any atom is 0.183 e. The smallest absolute Gasteiger partial charge is 0.183 e. The second-order valence-electron chi connectivity index (χ2n) is 2.76. The van der Waals surface area contributed by atoms with E-state index in [0.29, 0.717) is 19.6 Å². The van der Waals surface area contributed by atoms with Crippen molar-refractivity contribution < 1.29 is 19.7 Å². The van der Waals surface area contributed by atoms with Gasteiger partial charge in [0.25, 0.3) is 0 Å². The monoisotopic (exact) mass is 162 g/mol. The van der Waals surface area contributed by atoms with Gasteiger partial charge in [0.05, 0.1) is 19.3 Å². The Labute approximate surface area is 65.7 Å². The Morgan fingerprint density at radius 1 is 1.36 bits per heavy atom. The second-order valence-corrected chi connectivity index (χ2v) is 2.76. The minimum atomic E-state index is -0.711. The van der Waals surface area contributed by atoms with Crippen LogP contribution < -0.4 is 0 Å². The van der Waals surface area contributed by atoms with Gasteiger partial charge in [0.1, 0.15) is 6.10 Å². The summed E-state index contributed by atoms with van der Waals surface area (Å²) in [5, 5.41) is 18.2. The van der Waals surface area contributed by atoms with Crippen LogP contribution in [0.1, 0.15) is 13.3 Å². The standard InChI is InChI=1S/C7H14O4/c1-5(8)4-6(9)7-10-2-3-11-7/h5-9H,2-4H2,1H3. The number of aliphatic hydroxyl groups excluding tert-OH is 2. The Balaban J connectivity index is 2.22. The average molecular weight is 162 g/mol. The first kappa shape index (κ1) is 8.93. The topological polar surface area (TPSA) is 58.9 Å². The third-order valence-electron chi connectivity index (χ3n) is 1.54. The molecule has 2 N–H and O–H groups in total. The molecule has 1 aliphatic heterocycles. The van der Waals surface area contributed by atoms with Crippen molar-refractivity contribution in [3.05, 3.63) is 0 Å².